The van der Waals surface area contributed by atoms with E-state index in [1.165, 1.54) is 0 Å². The van der Waals surface area contributed by atoms with Crippen molar-refractivity contribution < 1.29 is 28.7 Å². The molecule has 35 heavy (non-hydrogen) atoms. The van der Waals surface area contributed by atoms with Crippen LogP contribution in [0.4, 0.5) is 0 Å². The molecule has 2 rings (SSSR count). The molecular formula is C27H34N2O6. The molecule has 188 valence electrons. The molecule has 2 N–H and O–H groups in total. The monoisotopic (exact) mass is 482 g/mol. The maximum absolute atomic E-state index is 12.3. The van der Waals surface area contributed by atoms with Crippen LogP contribution in [-0.2, 0) is 9.47 Å². The fraction of sp³-hybridized carbons (Fsp3) is 0.407. The highest BCUT2D eigenvalue weighted by Gasteiger charge is 2.11. The predicted octanol–water partition coefficient (Wildman–Crippen LogP) is 4.15. The Hall–Kier alpha value is -3.68. The van der Waals surface area contributed by atoms with E-state index in [2.05, 4.69) is 10.6 Å². The fourth-order valence-corrected chi connectivity index (χ4v) is 3.00. The van der Waals surface area contributed by atoms with Crippen molar-refractivity contribution in [2.75, 3.05) is 26.3 Å². The number of carbonyl (C=O) groups is 4. The summed E-state index contributed by atoms with van der Waals surface area (Å²) in [5.41, 5.74) is 1.68. The van der Waals surface area contributed by atoms with Crippen molar-refractivity contribution in [1.82, 2.24) is 10.6 Å². The summed E-state index contributed by atoms with van der Waals surface area (Å²) in [7, 11) is 0. The van der Waals surface area contributed by atoms with Crippen molar-refractivity contribution in [2.24, 2.45) is 0 Å². The first-order valence-electron chi connectivity index (χ1n) is 12.1. The van der Waals surface area contributed by atoms with Gasteiger partial charge in [-0.25, -0.2) is 9.59 Å². The molecule has 0 aromatic heterocycles. The lowest BCUT2D eigenvalue weighted by Gasteiger charge is -2.08. The Morgan fingerprint density at radius 3 is 1.26 bits per heavy atom. The van der Waals surface area contributed by atoms with E-state index >= 15 is 0 Å². The van der Waals surface area contributed by atoms with Crippen molar-refractivity contribution >= 4 is 23.8 Å². The number of benzene rings is 2. The predicted molar refractivity (Wildman–Crippen MR) is 133 cm³/mol. The Morgan fingerprint density at radius 1 is 0.571 bits per heavy atom. The molecule has 0 aliphatic carbocycles. The van der Waals surface area contributed by atoms with E-state index in [-0.39, 0.29) is 11.8 Å². The SMILES string of the molecule is CCCCOC(=O)c1ccc(C(=O)NCCCNC(=O)c2ccc(C(=O)OCCCC)cc2)cc1. The Bertz CT molecular complexity index is 891. The second kappa shape index (κ2) is 15.3. The van der Waals surface area contributed by atoms with Crippen LogP contribution < -0.4 is 10.6 Å². The van der Waals surface area contributed by atoms with Gasteiger partial charge in [0.15, 0.2) is 0 Å². The van der Waals surface area contributed by atoms with Crippen LogP contribution in [-0.4, -0.2) is 50.1 Å². The van der Waals surface area contributed by atoms with Crippen LogP contribution in [0.1, 0.15) is 87.4 Å². The highest BCUT2D eigenvalue weighted by Crippen LogP contribution is 2.08. The molecule has 8 nitrogen and oxygen atoms in total. The normalized spacial score (nSPS) is 10.3. The Balaban J connectivity index is 1.68. The topological polar surface area (TPSA) is 111 Å². The molecule has 0 fully saturated rings. The van der Waals surface area contributed by atoms with Gasteiger partial charge in [0, 0.05) is 24.2 Å². The van der Waals surface area contributed by atoms with Crippen molar-refractivity contribution in [2.45, 2.75) is 46.0 Å². The first-order valence-corrected chi connectivity index (χ1v) is 12.1. The third kappa shape index (κ3) is 9.60. The van der Waals surface area contributed by atoms with Crippen LogP contribution in [0.5, 0.6) is 0 Å². The van der Waals surface area contributed by atoms with Gasteiger partial charge in [-0.05, 0) is 67.8 Å². The number of rotatable bonds is 14. The Kier molecular flexibility index (Phi) is 12.0. The van der Waals surface area contributed by atoms with E-state index < -0.39 is 11.9 Å². The van der Waals surface area contributed by atoms with Crippen molar-refractivity contribution in [3.05, 3.63) is 70.8 Å². The van der Waals surface area contributed by atoms with E-state index in [0.717, 1.165) is 25.7 Å². The van der Waals surface area contributed by atoms with E-state index in [1.54, 1.807) is 48.5 Å². The molecule has 2 amide bonds. The lowest BCUT2D eigenvalue weighted by molar-refractivity contribution is 0.0490. The molecule has 0 heterocycles. The number of hydrogen-bond donors (Lipinski definition) is 2. The first-order chi connectivity index (χ1) is 17.0. The van der Waals surface area contributed by atoms with Crippen LogP contribution in [0.15, 0.2) is 48.5 Å². The first kappa shape index (κ1) is 27.6. The number of ether oxygens (including phenoxy) is 2. The highest BCUT2D eigenvalue weighted by molar-refractivity contribution is 5.97. The molecule has 0 saturated carbocycles. The van der Waals surface area contributed by atoms with Crippen LogP contribution in [0.2, 0.25) is 0 Å². The number of hydrogen-bond acceptors (Lipinski definition) is 6. The summed E-state index contributed by atoms with van der Waals surface area (Å²) >= 11 is 0. The van der Waals surface area contributed by atoms with Gasteiger partial charge >= 0.3 is 11.9 Å². The smallest absolute Gasteiger partial charge is 0.338 e. The van der Waals surface area contributed by atoms with Gasteiger partial charge in [0.2, 0.25) is 0 Å². The lowest BCUT2D eigenvalue weighted by Crippen LogP contribution is -2.30. The Labute approximate surface area is 206 Å². The van der Waals surface area contributed by atoms with Gasteiger partial charge in [-0.3, -0.25) is 9.59 Å². The van der Waals surface area contributed by atoms with Gasteiger partial charge in [-0.15, -0.1) is 0 Å². The molecule has 2 aromatic carbocycles. The maximum atomic E-state index is 12.3. The van der Waals surface area contributed by atoms with Crippen molar-refractivity contribution in [3.8, 4) is 0 Å². The van der Waals surface area contributed by atoms with Gasteiger partial charge in [-0.2, -0.15) is 0 Å². The van der Waals surface area contributed by atoms with Gasteiger partial charge in [-0.1, -0.05) is 26.7 Å². The van der Waals surface area contributed by atoms with Crippen LogP contribution in [0.25, 0.3) is 0 Å². The average molecular weight is 483 g/mol. The standard InChI is InChI=1S/C27H34N2O6/c1-3-5-18-34-26(32)22-12-8-20(9-13-22)24(30)28-16-7-17-29-25(31)21-10-14-23(15-11-21)27(33)35-19-6-4-2/h8-15H,3-7,16-19H2,1-2H3,(H,28,30)(H,29,31). The van der Waals surface area contributed by atoms with E-state index in [4.69, 9.17) is 9.47 Å². The van der Waals surface area contributed by atoms with Crippen LogP contribution >= 0.6 is 0 Å². The number of amides is 2. The Morgan fingerprint density at radius 2 is 0.914 bits per heavy atom. The van der Waals surface area contributed by atoms with Gasteiger partial charge in [0.25, 0.3) is 11.8 Å². The lowest BCUT2D eigenvalue weighted by atomic mass is 10.1. The van der Waals surface area contributed by atoms with Crippen LogP contribution in [0.3, 0.4) is 0 Å². The van der Waals surface area contributed by atoms with E-state index in [1.807, 2.05) is 13.8 Å². The minimum Gasteiger partial charge on any atom is -0.462 e. The number of carbonyl (C=O) groups excluding carboxylic acids is 4. The van der Waals surface area contributed by atoms with E-state index in [0.29, 0.717) is 55.0 Å². The summed E-state index contributed by atoms with van der Waals surface area (Å²) in [5, 5.41) is 5.57. The number of nitrogens with one attached hydrogen (secondary N) is 2. The second-order valence-corrected chi connectivity index (χ2v) is 8.00. The highest BCUT2D eigenvalue weighted by atomic mass is 16.5. The number of unbranched alkanes of at least 4 members (excludes halogenated alkanes) is 2. The molecule has 8 heteroatoms. The summed E-state index contributed by atoms with van der Waals surface area (Å²) in [6, 6.07) is 12.6. The van der Waals surface area contributed by atoms with Crippen molar-refractivity contribution in [3.63, 3.8) is 0 Å². The summed E-state index contributed by atoms with van der Waals surface area (Å²) in [6.07, 6.45) is 4.06. The fourth-order valence-electron chi connectivity index (χ4n) is 3.00. The molecule has 0 aliphatic rings. The van der Waals surface area contributed by atoms with E-state index in [9.17, 15) is 19.2 Å². The average Bonchev–Trinajstić information content (AvgIpc) is 2.88. The largest absolute Gasteiger partial charge is 0.462 e. The molecular weight excluding hydrogens is 448 g/mol. The molecule has 0 spiro atoms. The summed E-state index contributed by atoms with van der Waals surface area (Å²) < 4.78 is 10.3. The zero-order valence-corrected chi connectivity index (χ0v) is 20.4. The van der Waals surface area contributed by atoms with Gasteiger partial charge in [0.05, 0.1) is 24.3 Å². The second-order valence-electron chi connectivity index (χ2n) is 8.00. The molecule has 0 unspecified atom stereocenters. The molecule has 0 aliphatic heterocycles. The molecule has 0 saturated heterocycles. The van der Waals surface area contributed by atoms with Gasteiger partial charge in [0.1, 0.15) is 0 Å². The minimum absolute atomic E-state index is 0.261. The van der Waals surface area contributed by atoms with Crippen LogP contribution in [0, 0.1) is 0 Å². The molecule has 0 bridgehead atoms. The van der Waals surface area contributed by atoms with Gasteiger partial charge < -0.3 is 20.1 Å². The summed E-state index contributed by atoms with van der Waals surface area (Å²) in [5.74, 6) is -1.32. The zero-order valence-electron chi connectivity index (χ0n) is 20.4. The molecule has 0 radical (unpaired) electrons. The number of esters is 2. The third-order valence-electron chi connectivity index (χ3n) is 5.15. The van der Waals surface area contributed by atoms with Crippen molar-refractivity contribution in [1.29, 1.82) is 0 Å². The molecule has 2 aromatic rings. The maximum Gasteiger partial charge on any atom is 0.338 e. The minimum atomic E-state index is -0.400. The zero-order chi connectivity index (χ0) is 25.5. The third-order valence-corrected chi connectivity index (χ3v) is 5.15. The quantitative estimate of drug-likeness (QED) is 0.309. The summed E-state index contributed by atoms with van der Waals surface area (Å²) in [4.78, 5) is 48.4. The molecule has 0 atom stereocenters. The summed E-state index contributed by atoms with van der Waals surface area (Å²) in [6.45, 7) is 5.55.